The number of ether oxygens (including phenoxy) is 1. The normalized spacial score (nSPS) is 16.0. The number of amides is 2. The van der Waals surface area contributed by atoms with Crippen LogP contribution in [0.4, 0.5) is 5.00 Å². The third-order valence-electron chi connectivity index (χ3n) is 5.09. The average Bonchev–Trinajstić information content (AvgIpc) is 3.04. The molecule has 28 heavy (non-hydrogen) atoms. The number of hydrogen-bond donors (Lipinski definition) is 2. The number of carbonyl (C=O) groups is 2. The minimum Gasteiger partial charge on any atom is -0.497 e. The Morgan fingerprint density at radius 1 is 1.32 bits per heavy atom. The molecule has 3 rings (SSSR count). The van der Waals surface area contributed by atoms with Gasteiger partial charge in [0.15, 0.2) is 0 Å². The zero-order valence-electron chi connectivity index (χ0n) is 16.3. The van der Waals surface area contributed by atoms with Crippen molar-refractivity contribution >= 4 is 34.2 Å². The quantitative estimate of drug-likeness (QED) is 0.678. The predicted octanol–water partition coefficient (Wildman–Crippen LogP) is 4.41. The third kappa shape index (κ3) is 4.62. The Hall–Kier alpha value is -2.60. The lowest BCUT2D eigenvalue weighted by Crippen LogP contribution is -2.19. The minimum absolute atomic E-state index is 0.276. The van der Waals surface area contributed by atoms with Crippen LogP contribution < -0.4 is 15.8 Å². The van der Waals surface area contributed by atoms with E-state index in [0.29, 0.717) is 16.5 Å². The van der Waals surface area contributed by atoms with Crippen LogP contribution in [0.5, 0.6) is 5.75 Å². The fraction of sp³-hybridized carbons (Fsp3) is 0.364. The predicted molar refractivity (Wildman–Crippen MR) is 114 cm³/mol. The number of anilines is 1. The lowest BCUT2D eigenvalue weighted by atomic mass is 9.84. The second kappa shape index (κ2) is 9.06. The van der Waals surface area contributed by atoms with Gasteiger partial charge in [-0.2, -0.15) is 0 Å². The summed E-state index contributed by atoms with van der Waals surface area (Å²) < 4.78 is 5.13. The Morgan fingerprint density at radius 2 is 2.07 bits per heavy atom. The molecule has 0 saturated carbocycles. The summed E-state index contributed by atoms with van der Waals surface area (Å²) in [5.41, 5.74) is 8.03. The van der Waals surface area contributed by atoms with Crippen LogP contribution in [-0.2, 0) is 17.6 Å². The van der Waals surface area contributed by atoms with Gasteiger partial charge < -0.3 is 15.8 Å². The van der Waals surface area contributed by atoms with Crippen LogP contribution in [-0.4, -0.2) is 18.9 Å². The van der Waals surface area contributed by atoms with Crippen LogP contribution in [0.1, 0.15) is 52.5 Å². The smallest absolute Gasteiger partial charge is 0.251 e. The fourth-order valence-electron chi connectivity index (χ4n) is 3.70. The van der Waals surface area contributed by atoms with Gasteiger partial charge >= 0.3 is 0 Å². The maximum Gasteiger partial charge on any atom is 0.251 e. The zero-order chi connectivity index (χ0) is 20.1. The van der Waals surface area contributed by atoms with E-state index < -0.39 is 5.91 Å². The molecular weight excluding hydrogens is 372 g/mol. The van der Waals surface area contributed by atoms with E-state index >= 15 is 0 Å². The molecule has 0 fully saturated rings. The number of methoxy groups -OCH3 is 1. The van der Waals surface area contributed by atoms with Crippen LogP contribution in [0.25, 0.3) is 6.08 Å². The van der Waals surface area contributed by atoms with Crippen LogP contribution >= 0.6 is 11.3 Å². The highest BCUT2D eigenvalue weighted by Crippen LogP contribution is 2.40. The molecule has 1 aromatic carbocycles. The first-order chi connectivity index (χ1) is 13.5. The molecule has 0 bridgehead atoms. The second-order valence-corrected chi connectivity index (χ2v) is 8.17. The van der Waals surface area contributed by atoms with E-state index in [0.717, 1.165) is 42.6 Å². The van der Waals surface area contributed by atoms with E-state index in [1.807, 2.05) is 24.3 Å². The summed E-state index contributed by atoms with van der Waals surface area (Å²) >= 11 is 1.49. The van der Waals surface area contributed by atoms with E-state index in [-0.39, 0.29) is 5.91 Å². The first kappa shape index (κ1) is 20.1. The molecule has 5 nitrogen and oxygen atoms in total. The van der Waals surface area contributed by atoms with Crippen molar-refractivity contribution in [1.82, 2.24) is 0 Å². The Bertz CT molecular complexity index is 884. The monoisotopic (exact) mass is 398 g/mol. The van der Waals surface area contributed by atoms with Crippen molar-refractivity contribution in [2.75, 3.05) is 12.4 Å². The summed E-state index contributed by atoms with van der Waals surface area (Å²) in [6.45, 7) is 2.19. The van der Waals surface area contributed by atoms with E-state index in [1.54, 1.807) is 13.2 Å². The molecule has 0 saturated heterocycles. The number of carbonyl (C=O) groups excluding carboxylic acids is 2. The van der Waals surface area contributed by atoms with Crippen LogP contribution in [0.2, 0.25) is 0 Å². The SMILES string of the molecule is CCCC1CCc2c(sc(NC(=O)/C=C/c3ccc(OC)cc3)c2C(N)=O)C1. The molecular formula is C22H26N2O3S. The summed E-state index contributed by atoms with van der Waals surface area (Å²) in [4.78, 5) is 25.6. The van der Waals surface area contributed by atoms with E-state index in [2.05, 4.69) is 12.2 Å². The van der Waals surface area contributed by atoms with Crippen molar-refractivity contribution in [3.8, 4) is 5.75 Å². The summed E-state index contributed by atoms with van der Waals surface area (Å²) in [6.07, 6.45) is 8.43. The van der Waals surface area contributed by atoms with E-state index in [9.17, 15) is 9.59 Å². The number of benzene rings is 1. The van der Waals surface area contributed by atoms with Gasteiger partial charge in [0, 0.05) is 11.0 Å². The number of nitrogens with two attached hydrogens (primary N) is 1. The molecule has 148 valence electrons. The van der Waals surface area contributed by atoms with Gasteiger partial charge in [-0.3, -0.25) is 9.59 Å². The molecule has 2 amide bonds. The largest absolute Gasteiger partial charge is 0.497 e. The third-order valence-corrected chi connectivity index (χ3v) is 6.26. The summed E-state index contributed by atoms with van der Waals surface area (Å²) in [5, 5.41) is 3.42. The number of fused-ring (bicyclic) bond motifs is 1. The second-order valence-electron chi connectivity index (χ2n) is 7.07. The van der Waals surface area contributed by atoms with Crippen molar-refractivity contribution in [3.05, 3.63) is 51.9 Å². The lowest BCUT2D eigenvalue weighted by molar-refractivity contribution is -0.111. The summed E-state index contributed by atoms with van der Waals surface area (Å²) in [7, 11) is 1.61. The number of thiophene rings is 1. The molecule has 1 heterocycles. The first-order valence-corrected chi connectivity index (χ1v) is 10.4. The van der Waals surface area contributed by atoms with Gasteiger partial charge in [0.2, 0.25) is 5.91 Å². The Labute approximate surface area is 169 Å². The van der Waals surface area contributed by atoms with Gasteiger partial charge in [0.1, 0.15) is 10.8 Å². The maximum atomic E-state index is 12.4. The number of nitrogens with one attached hydrogen (secondary N) is 1. The van der Waals surface area contributed by atoms with Crippen molar-refractivity contribution in [3.63, 3.8) is 0 Å². The number of hydrogen-bond acceptors (Lipinski definition) is 4. The van der Waals surface area contributed by atoms with Crippen LogP contribution in [0.3, 0.4) is 0 Å². The molecule has 2 aromatic rings. The Morgan fingerprint density at radius 3 is 2.71 bits per heavy atom. The molecule has 0 spiro atoms. The molecule has 1 aromatic heterocycles. The Balaban J connectivity index is 1.75. The van der Waals surface area contributed by atoms with Crippen LogP contribution in [0, 0.1) is 5.92 Å². The molecule has 1 aliphatic carbocycles. The number of primary amides is 1. The highest BCUT2D eigenvalue weighted by atomic mass is 32.1. The molecule has 0 aliphatic heterocycles. The van der Waals surface area contributed by atoms with Gasteiger partial charge in [-0.1, -0.05) is 31.9 Å². The standard InChI is InChI=1S/C22H26N2O3S/c1-3-4-15-7-11-17-18(13-15)28-22(20(17)21(23)26)24-19(25)12-8-14-5-9-16(27-2)10-6-14/h5-6,8-10,12,15H,3-4,7,11,13H2,1-2H3,(H2,23,26)(H,24,25)/b12-8+. The van der Waals surface area contributed by atoms with E-state index in [4.69, 9.17) is 10.5 Å². The Kier molecular flexibility index (Phi) is 6.52. The lowest BCUT2D eigenvalue weighted by Gasteiger charge is -2.21. The van der Waals surface area contributed by atoms with Gasteiger partial charge in [-0.25, -0.2) is 0 Å². The minimum atomic E-state index is -0.471. The summed E-state index contributed by atoms with van der Waals surface area (Å²) in [6, 6.07) is 7.41. The highest BCUT2D eigenvalue weighted by molar-refractivity contribution is 7.17. The fourth-order valence-corrected chi connectivity index (χ4v) is 5.07. The molecule has 1 unspecified atom stereocenters. The van der Waals surface area contributed by atoms with Crippen molar-refractivity contribution in [2.24, 2.45) is 11.7 Å². The van der Waals surface area contributed by atoms with Crippen molar-refractivity contribution in [2.45, 2.75) is 39.0 Å². The molecule has 0 radical (unpaired) electrons. The van der Waals surface area contributed by atoms with Crippen LogP contribution in [0.15, 0.2) is 30.3 Å². The van der Waals surface area contributed by atoms with Crippen molar-refractivity contribution in [1.29, 1.82) is 0 Å². The van der Waals surface area contributed by atoms with Gasteiger partial charge in [0.05, 0.1) is 12.7 Å². The van der Waals surface area contributed by atoms with Crippen molar-refractivity contribution < 1.29 is 14.3 Å². The maximum absolute atomic E-state index is 12.4. The zero-order valence-corrected chi connectivity index (χ0v) is 17.1. The highest BCUT2D eigenvalue weighted by Gasteiger charge is 2.28. The molecule has 1 atom stereocenters. The molecule has 3 N–H and O–H groups in total. The summed E-state index contributed by atoms with van der Waals surface area (Å²) in [5.74, 6) is 0.663. The van der Waals surface area contributed by atoms with Gasteiger partial charge in [-0.15, -0.1) is 11.3 Å². The van der Waals surface area contributed by atoms with Gasteiger partial charge in [0.25, 0.3) is 5.91 Å². The number of rotatable bonds is 7. The molecule has 1 aliphatic rings. The topological polar surface area (TPSA) is 81.4 Å². The molecule has 6 heteroatoms. The van der Waals surface area contributed by atoms with E-state index in [1.165, 1.54) is 28.7 Å². The average molecular weight is 399 g/mol. The van der Waals surface area contributed by atoms with Gasteiger partial charge in [-0.05, 0) is 54.5 Å². The first-order valence-electron chi connectivity index (χ1n) is 9.59.